The average Bonchev–Trinajstić information content (AvgIpc) is 2.30. The summed E-state index contributed by atoms with van der Waals surface area (Å²) < 4.78 is 2.10. The van der Waals surface area contributed by atoms with Crippen LogP contribution in [0.5, 0.6) is 5.75 Å². The third-order valence-corrected chi connectivity index (χ3v) is 2.93. The zero-order chi connectivity index (χ0) is 11.1. The Morgan fingerprint density at radius 3 is 2.81 bits per heavy atom. The topological polar surface area (TPSA) is 24.3 Å². The van der Waals surface area contributed by atoms with Gasteiger partial charge in [-0.05, 0) is 19.1 Å². The molecular formula is C14H12NO+. The highest BCUT2D eigenvalue weighted by Crippen LogP contribution is 2.25. The minimum Gasteiger partial charge on any atom is -0.507 e. The van der Waals surface area contributed by atoms with Crippen molar-refractivity contribution in [1.82, 2.24) is 0 Å². The van der Waals surface area contributed by atoms with Crippen molar-refractivity contribution in [2.45, 2.75) is 6.92 Å². The van der Waals surface area contributed by atoms with Crippen molar-refractivity contribution in [3.63, 3.8) is 0 Å². The number of rotatable bonds is 0. The van der Waals surface area contributed by atoms with Gasteiger partial charge < -0.3 is 5.11 Å². The monoisotopic (exact) mass is 210 g/mol. The van der Waals surface area contributed by atoms with E-state index < -0.39 is 0 Å². The number of aryl methyl sites for hydroxylation is 1. The molecule has 1 N–H and O–H groups in total. The maximum absolute atomic E-state index is 9.98. The molecule has 0 bridgehead atoms. The third kappa shape index (κ3) is 1.16. The lowest BCUT2D eigenvalue weighted by atomic mass is 10.1. The van der Waals surface area contributed by atoms with Crippen LogP contribution in [0, 0.1) is 6.92 Å². The first kappa shape index (κ1) is 9.16. The molecule has 0 radical (unpaired) electrons. The molecule has 3 rings (SSSR count). The van der Waals surface area contributed by atoms with Crippen molar-refractivity contribution in [2.75, 3.05) is 0 Å². The molecule has 0 fully saturated rings. The van der Waals surface area contributed by atoms with E-state index in [1.807, 2.05) is 36.5 Å². The van der Waals surface area contributed by atoms with Gasteiger partial charge in [0.15, 0.2) is 6.20 Å². The van der Waals surface area contributed by atoms with Gasteiger partial charge in [0.25, 0.3) is 0 Å². The van der Waals surface area contributed by atoms with Crippen LogP contribution in [0.4, 0.5) is 0 Å². The zero-order valence-corrected chi connectivity index (χ0v) is 9.01. The lowest BCUT2D eigenvalue weighted by molar-refractivity contribution is -0.482. The molecule has 1 aromatic carbocycles. The summed E-state index contributed by atoms with van der Waals surface area (Å²) in [5, 5.41) is 10.9. The fourth-order valence-corrected chi connectivity index (χ4v) is 2.18. The molecule has 0 amide bonds. The third-order valence-electron chi connectivity index (χ3n) is 2.93. The first-order chi connectivity index (χ1) is 7.77. The lowest BCUT2D eigenvalue weighted by Gasteiger charge is -2.02. The molecule has 2 heterocycles. The number of aromatic hydroxyl groups is 1. The number of hydrogen-bond donors (Lipinski definition) is 1. The fraction of sp³-hybridized carbons (Fsp3) is 0.0714. The predicted octanol–water partition coefficient (Wildman–Crippen LogP) is 2.59. The van der Waals surface area contributed by atoms with Crippen LogP contribution in [0.3, 0.4) is 0 Å². The molecule has 0 aliphatic carbocycles. The number of aromatic nitrogens is 1. The van der Waals surface area contributed by atoms with Crippen LogP contribution in [0.15, 0.2) is 48.7 Å². The van der Waals surface area contributed by atoms with E-state index in [-0.39, 0.29) is 0 Å². The van der Waals surface area contributed by atoms with E-state index in [0.717, 1.165) is 22.0 Å². The second-order valence-electron chi connectivity index (χ2n) is 4.00. The molecule has 2 aromatic heterocycles. The van der Waals surface area contributed by atoms with Crippen LogP contribution in [-0.4, -0.2) is 5.11 Å². The highest BCUT2D eigenvalue weighted by molar-refractivity contribution is 5.86. The van der Waals surface area contributed by atoms with E-state index in [1.165, 1.54) is 0 Å². The van der Waals surface area contributed by atoms with Gasteiger partial charge in [-0.1, -0.05) is 12.1 Å². The Kier molecular flexibility index (Phi) is 1.83. The van der Waals surface area contributed by atoms with Gasteiger partial charge in [-0.15, -0.1) is 0 Å². The largest absolute Gasteiger partial charge is 0.507 e. The molecule has 0 unspecified atom stereocenters. The number of para-hydroxylation sites is 1. The zero-order valence-electron chi connectivity index (χ0n) is 9.01. The lowest BCUT2D eigenvalue weighted by Crippen LogP contribution is -2.22. The Morgan fingerprint density at radius 2 is 1.94 bits per heavy atom. The van der Waals surface area contributed by atoms with Crippen LogP contribution < -0.4 is 4.40 Å². The molecule has 0 spiro atoms. The highest BCUT2D eigenvalue weighted by atomic mass is 16.3. The van der Waals surface area contributed by atoms with Crippen molar-refractivity contribution >= 4 is 16.4 Å². The van der Waals surface area contributed by atoms with E-state index in [2.05, 4.69) is 17.4 Å². The normalized spacial score (nSPS) is 11.1. The summed E-state index contributed by atoms with van der Waals surface area (Å²) >= 11 is 0. The molecule has 0 aliphatic rings. The van der Waals surface area contributed by atoms with E-state index in [4.69, 9.17) is 0 Å². The maximum atomic E-state index is 9.98. The molecule has 0 atom stereocenters. The standard InChI is InChI=1S/C14H11NO/c1-10-5-4-7-12-13(16)9-11-6-2-3-8-15(11)14(10)12/h2-9H,1H3/p+1. The molecule has 0 aliphatic heterocycles. The summed E-state index contributed by atoms with van der Waals surface area (Å²) in [6.07, 6.45) is 2.02. The van der Waals surface area contributed by atoms with Crippen molar-refractivity contribution in [1.29, 1.82) is 0 Å². The van der Waals surface area contributed by atoms with Gasteiger partial charge >= 0.3 is 0 Å². The van der Waals surface area contributed by atoms with Gasteiger partial charge in [0.2, 0.25) is 11.0 Å². The first-order valence-electron chi connectivity index (χ1n) is 5.29. The Morgan fingerprint density at radius 1 is 1.06 bits per heavy atom. The molecule has 2 heteroatoms. The molecule has 78 valence electrons. The maximum Gasteiger partial charge on any atom is 0.225 e. The summed E-state index contributed by atoms with van der Waals surface area (Å²) in [7, 11) is 0. The van der Waals surface area contributed by atoms with Crippen LogP contribution in [0.2, 0.25) is 0 Å². The summed E-state index contributed by atoms with van der Waals surface area (Å²) in [5.74, 6) is 0.338. The van der Waals surface area contributed by atoms with Gasteiger partial charge in [-0.25, -0.2) is 0 Å². The molecule has 2 nitrogen and oxygen atoms in total. The number of nitrogens with zero attached hydrogens (tertiary/aromatic N) is 1. The van der Waals surface area contributed by atoms with Gasteiger partial charge in [-0.2, -0.15) is 4.40 Å². The van der Waals surface area contributed by atoms with Gasteiger partial charge in [0, 0.05) is 17.7 Å². The Bertz CT molecular complexity index is 689. The predicted molar refractivity (Wildman–Crippen MR) is 63.5 cm³/mol. The molecule has 16 heavy (non-hydrogen) atoms. The Balaban J connectivity index is 2.67. The molecule has 3 aromatic rings. The number of hydrogen-bond acceptors (Lipinski definition) is 1. The smallest absolute Gasteiger partial charge is 0.225 e. The SMILES string of the molecule is Cc1cccc2c(O)cc3cccc[n+]3c12. The van der Waals surface area contributed by atoms with Crippen LogP contribution in [0.25, 0.3) is 16.4 Å². The van der Waals surface area contributed by atoms with Crippen molar-refractivity contribution < 1.29 is 9.51 Å². The summed E-state index contributed by atoms with van der Waals surface area (Å²) in [4.78, 5) is 0. The first-order valence-corrected chi connectivity index (χ1v) is 5.29. The average molecular weight is 210 g/mol. The Labute approximate surface area is 93.4 Å². The number of fused-ring (bicyclic) bond motifs is 3. The minimum absolute atomic E-state index is 0.338. The highest BCUT2D eigenvalue weighted by Gasteiger charge is 2.14. The van der Waals surface area contributed by atoms with Crippen LogP contribution in [0.1, 0.15) is 5.56 Å². The van der Waals surface area contributed by atoms with Crippen molar-refractivity contribution in [3.05, 3.63) is 54.2 Å². The number of pyridine rings is 2. The molecule has 0 saturated carbocycles. The molecule has 0 saturated heterocycles. The van der Waals surface area contributed by atoms with Crippen molar-refractivity contribution in [3.8, 4) is 5.75 Å². The minimum atomic E-state index is 0.338. The van der Waals surface area contributed by atoms with E-state index in [0.29, 0.717) is 5.75 Å². The van der Waals surface area contributed by atoms with E-state index in [1.54, 1.807) is 6.07 Å². The van der Waals surface area contributed by atoms with E-state index >= 15 is 0 Å². The van der Waals surface area contributed by atoms with Crippen LogP contribution in [-0.2, 0) is 0 Å². The Hall–Kier alpha value is -2.09. The van der Waals surface area contributed by atoms with E-state index in [9.17, 15) is 5.11 Å². The second-order valence-corrected chi connectivity index (χ2v) is 4.00. The summed E-state index contributed by atoms with van der Waals surface area (Å²) in [5.41, 5.74) is 3.23. The summed E-state index contributed by atoms with van der Waals surface area (Å²) in [6.45, 7) is 2.06. The fourth-order valence-electron chi connectivity index (χ4n) is 2.18. The second kappa shape index (κ2) is 3.20. The number of benzene rings is 1. The van der Waals surface area contributed by atoms with Gasteiger partial charge in [0.1, 0.15) is 5.75 Å². The van der Waals surface area contributed by atoms with Gasteiger partial charge in [0.05, 0.1) is 11.5 Å². The van der Waals surface area contributed by atoms with Gasteiger partial charge in [-0.3, -0.25) is 0 Å². The van der Waals surface area contributed by atoms with Crippen LogP contribution >= 0.6 is 0 Å². The molecular weight excluding hydrogens is 198 g/mol. The van der Waals surface area contributed by atoms with Crippen molar-refractivity contribution in [2.24, 2.45) is 0 Å². The summed E-state index contributed by atoms with van der Waals surface area (Å²) in [6, 6.07) is 13.7. The quantitative estimate of drug-likeness (QED) is 0.447.